The number of H-pyrrole nitrogens is 1. The maximum absolute atomic E-state index is 14.0. The average Bonchev–Trinajstić information content (AvgIpc) is 3.46. The van der Waals surface area contributed by atoms with Crippen molar-refractivity contribution in [1.29, 1.82) is 0 Å². The van der Waals surface area contributed by atoms with Crippen LogP contribution in [-0.4, -0.2) is 52.5 Å². The standard InChI is InChI=1S/C32H38N5O11P/c1-19(2)46-30(39)24-10-6-22(7-11-24)16-43-49(42,44-17-23-8-12-25(13-9-23)31(40)47-20(3)4)45-18-27-26(35-36-33)14-28(48-27)37-15-21(5)29(38)34-32(37)41/h6-13,15,19-20,26-28H,14,16-18H2,1-5H3,(H,34,38,41)/t26-,27+,28+/m0/s1. The van der Waals surface area contributed by atoms with Gasteiger partial charge < -0.3 is 14.2 Å². The molecule has 0 amide bonds. The molecule has 1 aliphatic rings. The largest absolute Gasteiger partial charge is 0.475 e. The first kappa shape index (κ1) is 37.3. The van der Waals surface area contributed by atoms with E-state index < -0.39 is 56.0 Å². The Morgan fingerprint density at radius 3 is 1.92 bits per heavy atom. The van der Waals surface area contributed by atoms with Crippen molar-refractivity contribution in [3.8, 4) is 0 Å². The number of aromatic nitrogens is 2. The lowest BCUT2D eigenvalue weighted by atomic mass is 10.1. The van der Waals surface area contributed by atoms with E-state index in [1.807, 2.05) is 0 Å². The number of hydrogen-bond donors (Lipinski definition) is 1. The van der Waals surface area contributed by atoms with Gasteiger partial charge in [-0.2, -0.15) is 0 Å². The molecule has 0 unspecified atom stereocenters. The van der Waals surface area contributed by atoms with Gasteiger partial charge >= 0.3 is 25.5 Å². The Bertz CT molecular complexity index is 1760. The predicted octanol–water partition coefficient (Wildman–Crippen LogP) is 5.50. The van der Waals surface area contributed by atoms with Gasteiger partial charge in [-0.3, -0.25) is 27.9 Å². The zero-order chi connectivity index (χ0) is 35.7. The molecule has 1 aromatic heterocycles. The number of azide groups is 1. The van der Waals surface area contributed by atoms with E-state index in [1.165, 1.54) is 17.7 Å². The molecule has 49 heavy (non-hydrogen) atoms. The molecule has 0 bridgehead atoms. The highest BCUT2D eigenvalue weighted by Gasteiger charge is 2.39. The van der Waals surface area contributed by atoms with Crippen LogP contribution in [0.2, 0.25) is 0 Å². The first-order valence-corrected chi connectivity index (χ1v) is 16.9. The van der Waals surface area contributed by atoms with Gasteiger partial charge in [0.15, 0.2) is 0 Å². The Morgan fingerprint density at radius 1 is 0.939 bits per heavy atom. The van der Waals surface area contributed by atoms with Crippen LogP contribution in [-0.2, 0) is 45.6 Å². The molecule has 0 aliphatic carbocycles. The summed E-state index contributed by atoms with van der Waals surface area (Å²) in [6.07, 6.45) is -1.08. The molecule has 1 saturated heterocycles. The average molecular weight is 700 g/mol. The fraction of sp³-hybridized carbons (Fsp3) is 0.438. The van der Waals surface area contributed by atoms with Crippen LogP contribution in [0.25, 0.3) is 10.4 Å². The van der Waals surface area contributed by atoms with Crippen molar-refractivity contribution in [3.05, 3.63) is 114 Å². The Morgan fingerprint density at radius 2 is 1.45 bits per heavy atom. The molecule has 4 rings (SSSR count). The van der Waals surface area contributed by atoms with Crippen LogP contribution in [0.3, 0.4) is 0 Å². The molecule has 0 radical (unpaired) electrons. The third-order valence-corrected chi connectivity index (χ3v) is 8.46. The number of nitrogens with one attached hydrogen (secondary N) is 1. The summed E-state index contributed by atoms with van der Waals surface area (Å²) in [7, 11) is -4.38. The zero-order valence-corrected chi connectivity index (χ0v) is 28.5. The molecule has 0 saturated carbocycles. The summed E-state index contributed by atoms with van der Waals surface area (Å²) in [4.78, 5) is 53.8. The van der Waals surface area contributed by atoms with Crippen molar-refractivity contribution in [3.63, 3.8) is 0 Å². The molecule has 2 heterocycles. The number of carbonyl (C=O) groups excluding carboxylic acids is 2. The molecule has 0 spiro atoms. The minimum atomic E-state index is -4.38. The smallest absolute Gasteiger partial charge is 0.459 e. The normalized spacial score (nSPS) is 17.6. The van der Waals surface area contributed by atoms with E-state index in [9.17, 15) is 23.7 Å². The quantitative estimate of drug-likeness (QED) is 0.0688. The number of ether oxygens (including phenoxy) is 3. The minimum absolute atomic E-state index is 0.0622. The van der Waals surface area contributed by atoms with Crippen molar-refractivity contribution in [1.82, 2.24) is 9.55 Å². The number of aromatic amines is 1. The van der Waals surface area contributed by atoms with Gasteiger partial charge in [0.05, 0.1) is 55.3 Å². The lowest BCUT2D eigenvalue weighted by Crippen LogP contribution is -2.33. The van der Waals surface area contributed by atoms with E-state index in [2.05, 4.69) is 15.0 Å². The van der Waals surface area contributed by atoms with Gasteiger partial charge in [0.25, 0.3) is 5.56 Å². The molecule has 262 valence electrons. The molecule has 3 atom stereocenters. The molecule has 3 aromatic rings. The third kappa shape index (κ3) is 10.5. The van der Waals surface area contributed by atoms with Crippen molar-refractivity contribution in [2.24, 2.45) is 5.11 Å². The summed E-state index contributed by atoms with van der Waals surface area (Å²) in [5.41, 5.74) is 9.89. The lowest BCUT2D eigenvalue weighted by Gasteiger charge is -2.22. The minimum Gasteiger partial charge on any atom is -0.459 e. The van der Waals surface area contributed by atoms with E-state index >= 15 is 0 Å². The van der Waals surface area contributed by atoms with Crippen LogP contribution in [0.15, 0.2) is 69.4 Å². The monoisotopic (exact) mass is 699 g/mol. The van der Waals surface area contributed by atoms with Gasteiger partial charge in [-0.1, -0.05) is 29.4 Å². The van der Waals surface area contributed by atoms with Gasteiger partial charge in [-0.15, -0.1) is 0 Å². The highest BCUT2D eigenvalue weighted by atomic mass is 31.2. The van der Waals surface area contributed by atoms with Crippen LogP contribution in [0.4, 0.5) is 0 Å². The number of hydrogen-bond acceptors (Lipinski definition) is 12. The van der Waals surface area contributed by atoms with E-state index in [-0.39, 0.29) is 37.4 Å². The van der Waals surface area contributed by atoms with Crippen molar-refractivity contribution in [2.45, 2.75) is 84.8 Å². The van der Waals surface area contributed by atoms with E-state index in [1.54, 1.807) is 76.2 Å². The van der Waals surface area contributed by atoms with Crippen LogP contribution in [0.5, 0.6) is 0 Å². The summed E-state index contributed by atoms with van der Waals surface area (Å²) in [6, 6.07) is 11.7. The van der Waals surface area contributed by atoms with Gasteiger partial charge in [-0.25, -0.2) is 18.9 Å². The van der Waals surface area contributed by atoms with Crippen molar-refractivity contribution < 1.29 is 41.9 Å². The highest BCUT2D eigenvalue weighted by molar-refractivity contribution is 7.48. The van der Waals surface area contributed by atoms with Gasteiger partial charge in [0.1, 0.15) is 6.23 Å². The molecule has 17 heteroatoms. The Labute approximate surface area is 281 Å². The summed E-state index contributed by atoms with van der Waals surface area (Å²) < 4.78 is 48.6. The fourth-order valence-corrected chi connectivity index (χ4v) is 5.81. The molecule has 16 nitrogen and oxygen atoms in total. The Hall–Kier alpha value is -4.56. The van der Waals surface area contributed by atoms with Gasteiger partial charge in [-0.05, 0) is 75.5 Å². The second kappa shape index (κ2) is 16.7. The molecule has 2 aromatic carbocycles. The van der Waals surface area contributed by atoms with E-state index in [0.29, 0.717) is 22.3 Å². The number of aryl methyl sites for hydroxylation is 1. The zero-order valence-electron chi connectivity index (χ0n) is 27.6. The second-order valence-electron chi connectivity index (χ2n) is 11.7. The second-order valence-corrected chi connectivity index (χ2v) is 13.4. The maximum atomic E-state index is 14.0. The predicted molar refractivity (Wildman–Crippen MR) is 175 cm³/mol. The molecule has 1 N–H and O–H groups in total. The van der Waals surface area contributed by atoms with Gasteiger partial charge in [0, 0.05) is 23.1 Å². The first-order valence-electron chi connectivity index (χ1n) is 15.4. The number of esters is 2. The summed E-state index contributed by atoms with van der Waals surface area (Å²) in [6.45, 7) is 7.58. The Kier molecular flexibility index (Phi) is 12.7. The number of carbonyl (C=O) groups is 2. The van der Waals surface area contributed by atoms with E-state index in [0.717, 1.165) is 0 Å². The summed E-state index contributed by atoms with van der Waals surface area (Å²) in [5.74, 6) is -0.987. The van der Waals surface area contributed by atoms with Crippen LogP contribution < -0.4 is 11.2 Å². The fourth-order valence-electron chi connectivity index (χ4n) is 4.65. The van der Waals surface area contributed by atoms with Crippen LogP contribution >= 0.6 is 7.82 Å². The van der Waals surface area contributed by atoms with Crippen molar-refractivity contribution >= 4 is 19.8 Å². The number of rotatable bonds is 15. The van der Waals surface area contributed by atoms with Crippen molar-refractivity contribution in [2.75, 3.05) is 6.61 Å². The molecular formula is C32H38N5O11P. The highest BCUT2D eigenvalue weighted by Crippen LogP contribution is 2.51. The molecule has 1 fully saturated rings. The first-order chi connectivity index (χ1) is 23.3. The SMILES string of the molecule is Cc1cn([C@H]2C[C@H](N=[N+]=[N-])[C@@H](COP(=O)(OCc3ccc(C(=O)OC(C)C)cc3)OCc3ccc(C(=O)OC(C)C)cc3)O2)c(=O)[nH]c1=O. The van der Waals surface area contributed by atoms with E-state index in [4.69, 9.17) is 33.3 Å². The number of nitrogens with zero attached hydrogens (tertiary/aromatic N) is 4. The number of benzene rings is 2. The van der Waals surface area contributed by atoms with Crippen LogP contribution in [0.1, 0.15) is 77.8 Å². The third-order valence-electron chi connectivity index (χ3n) is 7.10. The van der Waals surface area contributed by atoms with Crippen LogP contribution in [0, 0.1) is 6.92 Å². The number of phosphoric ester groups is 1. The number of phosphoric acid groups is 1. The summed E-state index contributed by atoms with van der Waals surface area (Å²) in [5, 5.41) is 3.76. The molecule has 1 aliphatic heterocycles. The topological polar surface area (TPSA) is 210 Å². The van der Waals surface area contributed by atoms with Gasteiger partial charge in [0.2, 0.25) is 0 Å². The maximum Gasteiger partial charge on any atom is 0.475 e. The Balaban J connectivity index is 1.50. The lowest BCUT2D eigenvalue weighted by molar-refractivity contribution is -0.0311. The molecular weight excluding hydrogens is 661 g/mol. The summed E-state index contributed by atoms with van der Waals surface area (Å²) >= 11 is 0.